The van der Waals surface area contributed by atoms with Crippen LogP contribution in [-0.2, 0) is 16.0 Å². The normalized spacial score (nSPS) is 11.8. The summed E-state index contributed by atoms with van der Waals surface area (Å²) in [4.78, 5) is 28.5. The predicted molar refractivity (Wildman–Crippen MR) is 73.5 cm³/mol. The van der Waals surface area contributed by atoms with Gasteiger partial charge in [0.2, 0.25) is 11.8 Å². The number of hydrogen-bond donors (Lipinski definition) is 2. The number of carbonyl (C=O) groups excluding carboxylic acids is 2. The second-order valence-electron chi connectivity index (χ2n) is 4.63. The van der Waals surface area contributed by atoms with Crippen LogP contribution in [0.25, 0.3) is 0 Å². The molecule has 0 aromatic carbocycles. The summed E-state index contributed by atoms with van der Waals surface area (Å²) in [5.74, 6) is 0.497. The van der Waals surface area contributed by atoms with E-state index < -0.39 is 6.04 Å². The van der Waals surface area contributed by atoms with Gasteiger partial charge in [-0.1, -0.05) is 5.16 Å². The van der Waals surface area contributed by atoms with Crippen molar-refractivity contribution in [1.82, 2.24) is 25.7 Å². The van der Waals surface area contributed by atoms with E-state index in [4.69, 9.17) is 9.26 Å². The number of hydrogen-bond acceptors (Lipinski definition) is 6. The first-order chi connectivity index (χ1) is 9.93. The molecule has 1 unspecified atom stereocenters. The van der Waals surface area contributed by atoms with Crippen LogP contribution in [0.15, 0.2) is 4.52 Å². The van der Waals surface area contributed by atoms with Crippen molar-refractivity contribution >= 4 is 11.9 Å². The monoisotopic (exact) mass is 299 g/mol. The van der Waals surface area contributed by atoms with Crippen molar-refractivity contribution in [1.29, 1.82) is 0 Å². The summed E-state index contributed by atoms with van der Waals surface area (Å²) in [7, 11) is 4.78. The summed E-state index contributed by atoms with van der Waals surface area (Å²) >= 11 is 0. The van der Waals surface area contributed by atoms with Crippen molar-refractivity contribution in [2.45, 2.75) is 19.4 Å². The van der Waals surface area contributed by atoms with Gasteiger partial charge in [0.15, 0.2) is 5.82 Å². The highest BCUT2D eigenvalue weighted by atomic mass is 16.5. The molecule has 118 valence electrons. The average Bonchev–Trinajstić information content (AvgIpc) is 2.91. The van der Waals surface area contributed by atoms with Crippen molar-refractivity contribution in [2.75, 3.05) is 34.4 Å². The first kappa shape index (κ1) is 16.9. The number of aromatic nitrogens is 2. The quantitative estimate of drug-likeness (QED) is 0.716. The number of ether oxygens (including phenoxy) is 1. The highest BCUT2D eigenvalue weighted by Gasteiger charge is 2.17. The number of methoxy groups -OCH3 is 1. The minimum Gasteiger partial charge on any atom is -0.384 e. The molecule has 0 bridgehead atoms. The maximum atomic E-state index is 11.7. The van der Waals surface area contributed by atoms with Crippen LogP contribution in [0.3, 0.4) is 0 Å². The molecule has 0 saturated carbocycles. The smallest absolute Gasteiger partial charge is 0.317 e. The van der Waals surface area contributed by atoms with Crippen LogP contribution in [0.2, 0.25) is 0 Å². The first-order valence-electron chi connectivity index (χ1n) is 6.50. The van der Waals surface area contributed by atoms with E-state index in [0.29, 0.717) is 24.7 Å². The van der Waals surface area contributed by atoms with E-state index in [1.54, 1.807) is 28.1 Å². The molecule has 9 heteroatoms. The van der Waals surface area contributed by atoms with Gasteiger partial charge >= 0.3 is 6.03 Å². The Morgan fingerprint density at radius 1 is 1.43 bits per heavy atom. The standard InChI is InChI=1S/C12H21N5O4/c1-8(11-15-9(16-21-11)5-6-20-4)14-10(18)7-13-12(19)17(2)3/h8H,5-7H2,1-4H3,(H,13,19)(H,14,18). The molecule has 0 saturated heterocycles. The lowest BCUT2D eigenvalue weighted by atomic mass is 10.3. The fourth-order valence-corrected chi connectivity index (χ4v) is 1.41. The van der Waals surface area contributed by atoms with Crippen LogP contribution in [-0.4, -0.2) is 61.3 Å². The van der Waals surface area contributed by atoms with Crippen molar-refractivity contribution in [2.24, 2.45) is 0 Å². The Kier molecular flexibility index (Phi) is 6.60. The number of carbonyl (C=O) groups is 2. The lowest BCUT2D eigenvalue weighted by Crippen LogP contribution is -2.42. The number of amides is 3. The van der Waals surface area contributed by atoms with E-state index >= 15 is 0 Å². The van der Waals surface area contributed by atoms with Crippen molar-refractivity contribution in [3.05, 3.63) is 11.7 Å². The van der Waals surface area contributed by atoms with Crippen molar-refractivity contribution < 1.29 is 18.8 Å². The summed E-state index contributed by atoms with van der Waals surface area (Å²) in [6.07, 6.45) is 0.541. The Labute approximate surface area is 123 Å². The largest absolute Gasteiger partial charge is 0.384 e. The molecular weight excluding hydrogens is 278 g/mol. The molecule has 0 aliphatic heterocycles. The molecular formula is C12H21N5O4. The molecule has 1 heterocycles. The molecule has 1 aromatic rings. The summed E-state index contributed by atoms with van der Waals surface area (Å²) in [6, 6.07) is -0.769. The van der Waals surface area contributed by atoms with E-state index in [2.05, 4.69) is 20.8 Å². The molecule has 0 spiro atoms. The lowest BCUT2D eigenvalue weighted by molar-refractivity contribution is -0.120. The fraction of sp³-hybridized carbons (Fsp3) is 0.667. The van der Waals surface area contributed by atoms with Crippen LogP contribution in [0.4, 0.5) is 4.79 Å². The Balaban J connectivity index is 2.41. The Bertz CT molecular complexity index is 474. The van der Waals surface area contributed by atoms with Crippen LogP contribution in [0, 0.1) is 0 Å². The topological polar surface area (TPSA) is 110 Å². The van der Waals surface area contributed by atoms with Gasteiger partial charge in [0.25, 0.3) is 0 Å². The van der Waals surface area contributed by atoms with Gasteiger partial charge in [0.1, 0.15) is 6.04 Å². The Hall–Kier alpha value is -2.16. The van der Waals surface area contributed by atoms with Gasteiger partial charge in [-0.25, -0.2) is 4.79 Å². The number of nitrogens with one attached hydrogen (secondary N) is 2. The molecule has 1 atom stereocenters. The van der Waals surface area contributed by atoms with Crippen molar-refractivity contribution in [3.8, 4) is 0 Å². The van der Waals surface area contributed by atoms with E-state index in [-0.39, 0.29) is 18.5 Å². The zero-order valence-electron chi connectivity index (χ0n) is 12.7. The maximum Gasteiger partial charge on any atom is 0.317 e. The maximum absolute atomic E-state index is 11.7. The summed E-state index contributed by atoms with van der Waals surface area (Å²) in [5, 5.41) is 8.91. The van der Waals surface area contributed by atoms with Crippen LogP contribution in [0.1, 0.15) is 24.7 Å². The fourth-order valence-electron chi connectivity index (χ4n) is 1.41. The van der Waals surface area contributed by atoms with Gasteiger partial charge in [-0.2, -0.15) is 4.98 Å². The van der Waals surface area contributed by atoms with E-state index in [9.17, 15) is 9.59 Å². The molecule has 0 fully saturated rings. The highest BCUT2D eigenvalue weighted by Crippen LogP contribution is 2.09. The van der Waals surface area contributed by atoms with Crippen molar-refractivity contribution in [3.63, 3.8) is 0 Å². The van der Waals surface area contributed by atoms with E-state index in [0.717, 1.165) is 0 Å². The SMILES string of the molecule is COCCc1noc(C(C)NC(=O)CNC(=O)N(C)C)n1. The van der Waals surface area contributed by atoms with Gasteiger partial charge in [-0.3, -0.25) is 4.79 Å². The number of rotatable bonds is 7. The summed E-state index contributed by atoms with van der Waals surface area (Å²) in [6.45, 7) is 2.10. The second-order valence-corrected chi connectivity index (χ2v) is 4.63. The van der Waals surface area contributed by atoms with Gasteiger partial charge in [0.05, 0.1) is 13.2 Å². The number of nitrogens with zero attached hydrogens (tertiary/aromatic N) is 3. The van der Waals surface area contributed by atoms with Gasteiger partial charge in [-0.05, 0) is 6.92 Å². The van der Waals surface area contributed by atoms with Gasteiger partial charge < -0.3 is 24.8 Å². The Morgan fingerprint density at radius 2 is 2.14 bits per heavy atom. The minimum atomic E-state index is -0.433. The molecule has 0 aliphatic carbocycles. The van der Waals surface area contributed by atoms with Crippen LogP contribution < -0.4 is 10.6 Å². The van der Waals surface area contributed by atoms with E-state index in [1.807, 2.05) is 0 Å². The molecule has 21 heavy (non-hydrogen) atoms. The number of urea groups is 1. The molecule has 0 aliphatic rings. The van der Waals surface area contributed by atoms with Gasteiger partial charge in [0, 0.05) is 27.6 Å². The van der Waals surface area contributed by atoms with Crippen LogP contribution in [0.5, 0.6) is 0 Å². The van der Waals surface area contributed by atoms with Gasteiger partial charge in [-0.15, -0.1) is 0 Å². The van der Waals surface area contributed by atoms with E-state index in [1.165, 1.54) is 4.90 Å². The lowest BCUT2D eigenvalue weighted by Gasteiger charge is -2.13. The molecule has 2 N–H and O–H groups in total. The van der Waals surface area contributed by atoms with Crippen LogP contribution >= 0.6 is 0 Å². The highest BCUT2D eigenvalue weighted by molar-refractivity contribution is 5.83. The average molecular weight is 299 g/mol. The summed E-state index contributed by atoms with van der Waals surface area (Å²) < 4.78 is 9.98. The first-order valence-corrected chi connectivity index (χ1v) is 6.50. The molecule has 0 radical (unpaired) electrons. The Morgan fingerprint density at radius 3 is 2.76 bits per heavy atom. The molecule has 1 aromatic heterocycles. The minimum absolute atomic E-state index is 0.119. The zero-order chi connectivity index (χ0) is 15.8. The third-order valence-electron chi connectivity index (χ3n) is 2.57. The zero-order valence-corrected chi connectivity index (χ0v) is 12.7. The molecule has 9 nitrogen and oxygen atoms in total. The third-order valence-corrected chi connectivity index (χ3v) is 2.57. The molecule has 3 amide bonds. The predicted octanol–water partition coefficient (Wildman–Crippen LogP) is -0.293. The third kappa shape index (κ3) is 5.78. The molecule has 1 rings (SSSR count). The summed E-state index contributed by atoms with van der Waals surface area (Å²) in [5.41, 5.74) is 0. The second kappa shape index (κ2) is 8.20.